The number of hydrogen-bond donors (Lipinski definition) is 1. The molecular weight excluding hydrogens is 369 g/mol. The van der Waals surface area contributed by atoms with Crippen LogP contribution in [0.5, 0.6) is 0 Å². The minimum absolute atomic E-state index is 0.179. The number of pyridine rings is 1. The van der Waals surface area contributed by atoms with Crippen molar-refractivity contribution in [3.8, 4) is 5.82 Å². The largest absolute Gasteiger partial charge is 0.417 e. The van der Waals surface area contributed by atoms with E-state index in [1.807, 2.05) is 6.92 Å². The lowest BCUT2D eigenvalue weighted by Crippen LogP contribution is -2.13. The molecule has 0 aliphatic rings. The molecule has 0 bridgehead atoms. The molecule has 0 saturated heterocycles. The van der Waals surface area contributed by atoms with Crippen molar-refractivity contribution in [2.24, 2.45) is 0 Å². The molecule has 0 fully saturated rings. The van der Waals surface area contributed by atoms with Crippen molar-refractivity contribution >= 4 is 22.4 Å². The second-order valence-electron chi connectivity index (χ2n) is 5.27. The number of hydrogen-bond acceptors (Lipinski definition) is 6. The lowest BCUT2D eigenvalue weighted by molar-refractivity contribution is -0.137. The molecule has 3 rings (SSSR count). The first kappa shape index (κ1) is 18.0. The molecule has 136 valence electrons. The van der Waals surface area contributed by atoms with Crippen LogP contribution in [0.2, 0.25) is 0 Å². The topological polar surface area (TPSA) is 85.6 Å². The van der Waals surface area contributed by atoms with E-state index in [1.165, 1.54) is 28.3 Å². The summed E-state index contributed by atoms with van der Waals surface area (Å²) in [4.78, 5) is 16.1. The molecule has 0 atom stereocenters. The molecule has 0 aliphatic carbocycles. The van der Waals surface area contributed by atoms with Gasteiger partial charge in [-0.05, 0) is 25.5 Å². The Morgan fingerprint density at radius 2 is 2.04 bits per heavy atom. The van der Waals surface area contributed by atoms with Gasteiger partial charge >= 0.3 is 6.18 Å². The van der Waals surface area contributed by atoms with Gasteiger partial charge in [-0.3, -0.25) is 10.1 Å². The number of nitrogens with one attached hydrogen (secondary N) is 1. The smallest absolute Gasteiger partial charge is 0.296 e. The Bertz CT molecular complexity index is 932. The summed E-state index contributed by atoms with van der Waals surface area (Å²) in [7, 11) is 0. The lowest BCUT2D eigenvalue weighted by Gasteiger charge is -2.08. The number of aromatic nitrogens is 5. The van der Waals surface area contributed by atoms with Crippen LogP contribution in [0.15, 0.2) is 24.5 Å². The summed E-state index contributed by atoms with van der Waals surface area (Å²) in [5, 5.41) is 15.6. The van der Waals surface area contributed by atoms with E-state index < -0.39 is 17.6 Å². The Labute approximate surface area is 149 Å². The van der Waals surface area contributed by atoms with Crippen LogP contribution < -0.4 is 5.32 Å². The van der Waals surface area contributed by atoms with Crippen molar-refractivity contribution < 1.29 is 18.0 Å². The second kappa shape index (κ2) is 6.83. The molecule has 0 aliphatic heterocycles. The molecule has 1 N–H and O–H groups in total. The molecule has 3 heterocycles. The highest BCUT2D eigenvalue weighted by molar-refractivity contribution is 7.15. The van der Waals surface area contributed by atoms with E-state index in [0.29, 0.717) is 17.2 Å². The zero-order valence-electron chi connectivity index (χ0n) is 13.7. The van der Waals surface area contributed by atoms with Crippen molar-refractivity contribution in [1.82, 2.24) is 25.0 Å². The van der Waals surface area contributed by atoms with Crippen molar-refractivity contribution in [2.75, 3.05) is 5.32 Å². The highest BCUT2D eigenvalue weighted by Crippen LogP contribution is 2.29. The highest BCUT2D eigenvalue weighted by Gasteiger charge is 2.30. The van der Waals surface area contributed by atoms with Gasteiger partial charge in [0.1, 0.15) is 5.01 Å². The fourth-order valence-corrected chi connectivity index (χ4v) is 2.83. The summed E-state index contributed by atoms with van der Waals surface area (Å²) in [6, 6.07) is 2.11. The minimum atomic E-state index is -4.46. The first-order valence-electron chi connectivity index (χ1n) is 7.51. The van der Waals surface area contributed by atoms with Gasteiger partial charge in [-0.25, -0.2) is 9.67 Å². The van der Waals surface area contributed by atoms with Gasteiger partial charge in [-0.2, -0.15) is 18.3 Å². The SMILES string of the molecule is CCc1nnc(NC(=O)c2cnn(-c3ccc(C(F)(F)F)cn3)c2C)s1. The van der Waals surface area contributed by atoms with Gasteiger partial charge in [0.15, 0.2) is 5.82 Å². The van der Waals surface area contributed by atoms with Crippen LogP contribution in [0.25, 0.3) is 5.82 Å². The summed E-state index contributed by atoms with van der Waals surface area (Å²) in [5.41, 5.74) is -0.151. The molecule has 7 nitrogen and oxygen atoms in total. The van der Waals surface area contributed by atoms with Gasteiger partial charge in [0.05, 0.1) is 23.0 Å². The van der Waals surface area contributed by atoms with E-state index in [1.54, 1.807) is 6.92 Å². The molecule has 26 heavy (non-hydrogen) atoms. The Morgan fingerprint density at radius 3 is 2.62 bits per heavy atom. The maximum Gasteiger partial charge on any atom is 0.417 e. The molecule has 11 heteroatoms. The maximum atomic E-state index is 12.6. The maximum absolute atomic E-state index is 12.6. The second-order valence-corrected chi connectivity index (χ2v) is 6.33. The van der Waals surface area contributed by atoms with Crippen LogP contribution in [-0.4, -0.2) is 30.9 Å². The summed E-state index contributed by atoms with van der Waals surface area (Å²) < 4.78 is 39.2. The fraction of sp³-hybridized carbons (Fsp3) is 0.267. The third-order valence-electron chi connectivity index (χ3n) is 3.54. The van der Waals surface area contributed by atoms with E-state index in [9.17, 15) is 18.0 Å². The zero-order chi connectivity index (χ0) is 18.9. The third-order valence-corrected chi connectivity index (χ3v) is 4.52. The van der Waals surface area contributed by atoms with E-state index in [0.717, 1.165) is 17.3 Å². The number of anilines is 1. The van der Waals surface area contributed by atoms with Crippen molar-refractivity contribution in [2.45, 2.75) is 26.4 Å². The van der Waals surface area contributed by atoms with E-state index in [-0.39, 0.29) is 11.4 Å². The standard InChI is InChI=1S/C15H13F3N6OS/c1-3-12-22-23-14(26-12)21-13(25)10-7-20-24(8(10)2)11-5-4-9(6-19-11)15(16,17)18/h4-7H,3H2,1-2H3,(H,21,23,25). The monoisotopic (exact) mass is 382 g/mol. The van der Waals surface area contributed by atoms with Crippen LogP contribution in [0, 0.1) is 6.92 Å². The Hall–Kier alpha value is -2.82. The number of carbonyl (C=O) groups is 1. The molecule has 3 aromatic rings. The molecular formula is C15H13F3N6OS. The fourth-order valence-electron chi connectivity index (χ4n) is 2.15. The van der Waals surface area contributed by atoms with Gasteiger partial charge in [-0.1, -0.05) is 18.3 Å². The predicted molar refractivity (Wildman–Crippen MR) is 88.3 cm³/mol. The number of rotatable bonds is 4. The van der Waals surface area contributed by atoms with E-state index in [2.05, 4.69) is 25.6 Å². The normalized spacial score (nSPS) is 11.6. The summed E-state index contributed by atoms with van der Waals surface area (Å²) >= 11 is 1.27. The van der Waals surface area contributed by atoms with Crippen molar-refractivity contribution in [3.63, 3.8) is 0 Å². The number of aryl methyl sites for hydroxylation is 1. The number of carbonyl (C=O) groups excluding carboxylic acids is 1. The summed E-state index contributed by atoms with van der Waals surface area (Å²) in [5.74, 6) is -0.252. The van der Waals surface area contributed by atoms with Crippen LogP contribution >= 0.6 is 11.3 Å². The average Bonchev–Trinajstić information content (AvgIpc) is 3.20. The Balaban J connectivity index is 1.82. The number of alkyl halides is 3. The van der Waals surface area contributed by atoms with Crippen LogP contribution in [0.3, 0.4) is 0 Å². The predicted octanol–water partition coefficient (Wildman–Crippen LogP) is 3.26. The molecule has 0 radical (unpaired) electrons. The van der Waals surface area contributed by atoms with E-state index >= 15 is 0 Å². The minimum Gasteiger partial charge on any atom is -0.296 e. The molecule has 0 aromatic carbocycles. The Kier molecular flexibility index (Phi) is 4.72. The van der Waals surface area contributed by atoms with Gasteiger partial charge in [0, 0.05) is 6.20 Å². The molecule has 1 amide bonds. The summed E-state index contributed by atoms with van der Waals surface area (Å²) in [6.45, 7) is 3.55. The van der Waals surface area contributed by atoms with Crippen LogP contribution in [0.1, 0.15) is 33.5 Å². The van der Waals surface area contributed by atoms with E-state index in [4.69, 9.17) is 0 Å². The number of halogens is 3. The quantitative estimate of drug-likeness (QED) is 0.749. The van der Waals surface area contributed by atoms with Gasteiger partial charge < -0.3 is 0 Å². The summed E-state index contributed by atoms with van der Waals surface area (Å²) in [6.07, 6.45) is -1.70. The van der Waals surface area contributed by atoms with Crippen molar-refractivity contribution in [1.29, 1.82) is 0 Å². The number of nitrogens with zero attached hydrogens (tertiary/aromatic N) is 5. The highest BCUT2D eigenvalue weighted by atomic mass is 32.1. The average molecular weight is 382 g/mol. The third kappa shape index (κ3) is 3.57. The van der Waals surface area contributed by atoms with Crippen molar-refractivity contribution in [3.05, 3.63) is 46.4 Å². The van der Waals surface area contributed by atoms with Gasteiger partial charge in [0.25, 0.3) is 5.91 Å². The van der Waals surface area contributed by atoms with Gasteiger partial charge in [-0.15, -0.1) is 10.2 Å². The lowest BCUT2D eigenvalue weighted by atomic mass is 10.2. The number of amides is 1. The first-order valence-corrected chi connectivity index (χ1v) is 8.33. The molecule has 3 aromatic heterocycles. The Morgan fingerprint density at radius 1 is 1.27 bits per heavy atom. The zero-order valence-corrected chi connectivity index (χ0v) is 14.5. The molecule has 0 unspecified atom stereocenters. The molecule has 0 spiro atoms. The van der Waals surface area contributed by atoms with Gasteiger partial charge in [0.2, 0.25) is 5.13 Å². The molecule has 0 saturated carbocycles. The van der Waals surface area contributed by atoms with Crippen LogP contribution in [-0.2, 0) is 12.6 Å². The van der Waals surface area contributed by atoms with Crippen LogP contribution in [0.4, 0.5) is 18.3 Å². The first-order chi connectivity index (χ1) is 12.3.